The summed E-state index contributed by atoms with van der Waals surface area (Å²) in [5.41, 5.74) is 0.692. The topological polar surface area (TPSA) is 54.0 Å². The molecule has 5 heteroatoms. The van der Waals surface area contributed by atoms with Crippen molar-refractivity contribution in [3.8, 4) is 0 Å². The lowest BCUT2D eigenvalue weighted by atomic mass is 10.0. The van der Waals surface area contributed by atoms with Crippen LogP contribution in [-0.4, -0.2) is 23.5 Å². The number of piperidine rings is 1. The second-order valence-corrected chi connectivity index (χ2v) is 4.25. The van der Waals surface area contributed by atoms with Crippen molar-refractivity contribution < 1.29 is 4.79 Å². The first-order valence-electron chi connectivity index (χ1n) is 5.41. The van der Waals surface area contributed by atoms with E-state index in [0.29, 0.717) is 10.8 Å². The van der Waals surface area contributed by atoms with Gasteiger partial charge in [0.05, 0.1) is 6.04 Å². The maximum absolute atomic E-state index is 11.8. The van der Waals surface area contributed by atoms with E-state index in [1.165, 1.54) is 0 Å². The van der Waals surface area contributed by atoms with Crippen LogP contribution in [0, 0.1) is 0 Å². The Morgan fingerprint density at radius 1 is 1.56 bits per heavy atom. The molecule has 0 aliphatic carbocycles. The normalized spacial score (nSPS) is 20.4. The number of hydrogen-bond acceptors (Lipinski definition) is 3. The van der Waals surface area contributed by atoms with Gasteiger partial charge in [0, 0.05) is 11.9 Å². The quantitative estimate of drug-likeness (QED) is 0.774. The molecule has 2 rings (SSSR count). The van der Waals surface area contributed by atoms with Crippen molar-refractivity contribution in [3.63, 3.8) is 0 Å². The number of rotatable bonds is 2. The van der Waals surface area contributed by atoms with Crippen molar-refractivity contribution in [2.45, 2.75) is 25.3 Å². The molecule has 0 radical (unpaired) electrons. The van der Waals surface area contributed by atoms with Crippen LogP contribution in [0.15, 0.2) is 18.3 Å². The van der Waals surface area contributed by atoms with E-state index in [-0.39, 0.29) is 11.9 Å². The predicted molar refractivity (Wildman–Crippen MR) is 63.5 cm³/mol. The summed E-state index contributed by atoms with van der Waals surface area (Å²) in [7, 11) is 0. The summed E-state index contributed by atoms with van der Waals surface area (Å²) < 4.78 is 0. The molecule has 2 N–H and O–H groups in total. The van der Waals surface area contributed by atoms with Crippen LogP contribution in [0.1, 0.15) is 19.3 Å². The molecule has 1 aliphatic rings. The van der Waals surface area contributed by atoms with Crippen molar-refractivity contribution >= 4 is 23.2 Å². The van der Waals surface area contributed by atoms with Crippen molar-refractivity contribution in [2.24, 2.45) is 0 Å². The number of amides is 1. The van der Waals surface area contributed by atoms with Crippen LogP contribution in [0.3, 0.4) is 0 Å². The molecule has 0 aromatic carbocycles. The molecule has 1 aliphatic heterocycles. The summed E-state index contributed by atoms with van der Waals surface area (Å²) in [5, 5.41) is 6.40. The number of carbonyl (C=O) groups is 1. The number of nitrogens with one attached hydrogen (secondary N) is 2. The minimum absolute atomic E-state index is 0.00182. The van der Waals surface area contributed by atoms with Gasteiger partial charge in [-0.25, -0.2) is 4.98 Å². The lowest BCUT2D eigenvalue weighted by Gasteiger charge is -2.22. The Balaban J connectivity index is 1.96. The van der Waals surface area contributed by atoms with Gasteiger partial charge in [-0.1, -0.05) is 18.0 Å². The molecule has 1 fully saturated rings. The zero-order valence-electron chi connectivity index (χ0n) is 8.87. The van der Waals surface area contributed by atoms with E-state index >= 15 is 0 Å². The number of anilines is 1. The van der Waals surface area contributed by atoms with Crippen molar-refractivity contribution in [2.75, 3.05) is 11.9 Å². The Labute approximate surface area is 99.4 Å². The number of nitrogens with zero attached hydrogens (tertiary/aromatic N) is 1. The van der Waals surface area contributed by atoms with Gasteiger partial charge in [0.25, 0.3) is 0 Å². The van der Waals surface area contributed by atoms with Crippen LogP contribution >= 0.6 is 11.6 Å². The number of hydrogen-bond donors (Lipinski definition) is 2. The number of aromatic nitrogens is 1. The highest BCUT2D eigenvalue weighted by molar-refractivity contribution is 6.29. The van der Waals surface area contributed by atoms with E-state index < -0.39 is 0 Å². The fraction of sp³-hybridized carbons (Fsp3) is 0.455. The molecule has 1 amide bonds. The molecule has 1 aromatic heterocycles. The molecular formula is C11H14ClN3O. The Bertz CT molecular complexity index is 377. The first-order valence-corrected chi connectivity index (χ1v) is 5.79. The SMILES string of the molecule is O=C(Nc1ccnc(Cl)c1)C1CCCCN1. The molecule has 1 saturated heterocycles. The van der Waals surface area contributed by atoms with Gasteiger partial charge in [-0.3, -0.25) is 4.79 Å². The molecule has 86 valence electrons. The highest BCUT2D eigenvalue weighted by atomic mass is 35.5. The Morgan fingerprint density at radius 3 is 3.12 bits per heavy atom. The molecule has 16 heavy (non-hydrogen) atoms. The van der Waals surface area contributed by atoms with Crippen LogP contribution in [0.4, 0.5) is 5.69 Å². The zero-order valence-corrected chi connectivity index (χ0v) is 9.63. The summed E-state index contributed by atoms with van der Waals surface area (Å²) in [6.07, 6.45) is 4.71. The highest BCUT2D eigenvalue weighted by Crippen LogP contribution is 2.14. The van der Waals surface area contributed by atoms with Gasteiger partial charge >= 0.3 is 0 Å². The fourth-order valence-electron chi connectivity index (χ4n) is 1.79. The fourth-order valence-corrected chi connectivity index (χ4v) is 1.96. The summed E-state index contributed by atoms with van der Waals surface area (Å²) in [4.78, 5) is 15.7. The molecule has 0 saturated carbocycles. The summed E-state index contributed by atoms with van der Waals surface area (Å²) in [6.45, 7) is 0.912. The number of pyridine rings is 1. The molecular weight excluding hydrogens is 226 g/mol. The van der Waals surface area contributed by atoms with E-state index in [1.54, 1.807) is 18.3 Å². The highest BCUT2D eigenvalue weighted by Gasteiger charge is 2.20. The van der Waals surface area contributed by atoms with Gasteiger partial charge in [0.1, 0.15) is 5.15 Å². The third-order valence-corrected chi connectivity index (χ3v) is 2.83. The lowest BCUT2D eigenvalue weighted by Crippen LogP contribution is -2.43. The van der Waals surface area contributed by atoms with Gasteiger partial charge in [-0.05, 0) is 31.5 Å². The van der Waals surface area contributed by atoms with E-state index in [0.717, 1.165) is 25.8 Å². The van der Waals surface area contributed by atoms with Crippen molar-refractivity contribution in [3.05, 3.63) is 23.5 Å². The second-order valence-electron chi connectivity index (χ2n) is 3.86. The van der Waals surface area contributed by atoms with Gasteiger partial charge in [0.2, 0.25) is 5.91 Å². The number of halogens is 1. The predicted octanol–water partition coefficient (Wildman–Crippen LogP) is 1.82. The average Bonchev–Trinajstić information content (AvgIpc) is 2.30. The lowest BCUT2D eigenvalue weighted by molar-refractivity contribution is -0.118. The maximum atomic E-state index is 11.8. The largest absolute Gasteiger partial charge is 0.325 e. The average molecular weight is 240 g/mol. The van der Waals surface area contributed by atoms with Gasteiger partial charge in [-0.15, -0.1) is 0 Å². The molecule has 1 unspecified atom stereocenters. The van der Waals surface area contributed by atoms with Crippen LogP contribution in [0.25, 0.3) is 0 Å². The molecule has 1 aromatic rings. The van der Waals surface area contributed by atoms with Crippen molar-refractivity contribution in [1.82, 2.24) is 10.3 Å². The third-order valence-electron chi connectivity index (χ3n) is 2.62. The Hall–Kier alpha value is -1.13. The minimum atomic E-state index is -0.0827. The smallest absolute Gasteiger partial charge is 0.241 e. The second kappa shape index (κ2) is 5.27. The van der Waals surface area contributed by atoms with E-state index in [1.807, 2.05) is 0 Å². The van der Waals surface area contributed by atoms with Crippen LogP contribution < -0.4 is 10.6 Å². The van der Waals surface area contributed by atoms with Crippen LogP contribution in [-0.2, 0) is 4.79 Å². The van der Waals surface area contributed by atoms with Gasteiger partial charge < -0.3 is 10.6 Å². The maximum Gasteiger partial charge on any atom is 0.241 e. The summed E-state index contributed by atoms with van der Waals surface area (Å²) in [6, 6.07) is 3.29. The van der Waals surface area contributed by atoms with Crippen LogP contribution in [0.5, 0.6) is 0 Å². The first kappa shape index (κ1) is 11.4. The van der Waals surface area contributed by atoms with E-state index in [4.69, 9.17) is 11.6 Å². The molecule has 0 spiro atoms. The molecule has 4 nitrogen and oxygen atoms in total. The van der Waals surface area contributed by atoms with E-state index in [2.05, 4.69) is 15.6 Å². The minimum Gasteiger partial charge on any atom is -0.325 e. The zero-order chi connectivity index (χ0) is 11.4. The molecule has 0 bridgehead atoms. The summed E-state index contributed by atoms with van der Waals surface area (Å²) >= 11 is 5.74. The third kappa shape index (κ3) is 2.93. The van der Waals surface area contributed by atoms with Crippen molar-refractivity contribution in [1.29, 1.82) is 0 Å². The Morgan fingerprint density at radius 2 is 2.44 bits per heavy atom. The molecule has 1 atom stereocenters. The number of carbonyl (C=O) groups excluding carboxylic acids is 1. The summed E-state index contributed by atoms with van der Waals surface area (Å²) in [5.74, 6) is 0.00182. The van der Waals surface area contributed by atoms with Gasteiger partial charge in [0.15, 0.2) is 0 Å². The first-order chi connectivity index (χ1) is 7.75. The standard InChI is InChI=1S/C11H14ClN3O/c12-10-7-8(4-6-14-10)15-11(16)9-3-1-2-5-13-9/h4,6-7,9,13H,1-3,5H2,(H,14,15,16). The Kier molecular flexibility index (Phi) is 3.74. The van der Waals surface area contributed by atoms with Gasteiger partial charge in [-0.2, -0.15) is 0 Å². The van der Waals surface area contributed by atoms with E-state index in [9.17, 15) is 4.79 Å². The van der Waals surface area contributed by atoms with Crippen LogP contribution in [0.2, 0.25) is 5.15 Å². The molecule has 2 heterocycles. The monoisotopic (exact) mass is 239 g/mol.